The summed E-state index contributed by atoms with van der Waals surface area (Å²) >= 11 is 0. The SMILES string of the molecule is CC(C)c1ccn2cncc2c1C1OC12CCC(O)CC2. The fourth-order valence-electron chi connectivity index (χ4n) is 3.81. The number of imidazole rings is 1. The van der Waals surface area contributed by atoms with Gasteiger partial charge in [0.1, 0.15) is 6.10 Å². The highest BCUT2D eigenvalue weighted by molar-refractivity contribution is 5.60. The van der Waals surface area contributed by atoms with Crippen LogP contribution in [0.4, 0.5) is 0 Å². The Labute approximate surface area is 124 Å². The van der Waals surface area contributed by atoms with Gasteiger partial charge in [0.05, 0.1) is 29.7 Å². The molecule has 0 radical (unpaired) electrons. The number of aliphatic hydroxyl groups is 1. The molecule has 1 atom stereocenters. The van der Waals surface area contributed by atoms with E-state index in [-0.39, 0.29) is 17.8 Å². The highest BCUT2D eigenvalue weighted by Crippen LogP contribution is 2.59. The predicted molar refractivity (Wildman–Crippen MR) is 80.3 cm³/mol. The van der Waals surface area contributed by atoms with E-state index in [2.05, 4.69) is 35.5 Å². The van der Waals surface area contributed by atoms with Crippen LogP contribution in [-0.4, -0.2) is 26.2 Å². The Kier molecular flexibility index (Phi) is 2.88. The normalized spacial score (nSPS) is 32.2. The van der Waals surface area contributed by atoms with Gasteiger partial charge in [0.25, 0.3) is 0 Å². The molecule has 0 aromatic carbocycles. The molecule has 4 rings (SSSR count). The molecular formula is C17H22N2O2. The summed E-state index contributed by atoms with van der Waals surface area (Å²) in [4.78, 5) is 4.29. The van der Waals surface area contributed by atoms with Crippen LogP contribution in [0.3, 0.4) is 0 Å². The Hall–Kier alpha value is -1.39. The van der Waals surface area contributed by atoms with Gasteiger partial charge in [-0.2, -0.15) is 0 Å². The first-order valence-corrected chi connectivity index (χ1v) is 7.91. The van der Waals surface area contributed by atoms with Gasteiger partial charge in [-0.05, 0) is 43.2 Å². The van der Waals surface area contributed by atoms with E-state index in [1.54, 1.807) is 0 Å². The fraction of sp³-hybridized carbons (Fsp3) is 0.588. The van der Waals surface area contributed by atoms with Crippen molar-refractivity contribution in [2.75, 3.05) is 0 Å². The summed E-state index contributed by atoms with van der Waals surface area (Å²) in [5.41, 5.74) is 3.79. The van der Waals surface area contributed by atoms with Gasteiger partial charge in [0.15, 0.2) is 0 Å². The van der Waals surface area contributed by atoms with E-state index < -0.39 is 0 Å². The zero-order chi connectivity index (χ0) is 14.6. The van der Waals surface area contributed by atoms with Crippen molar-refractivity contribution in [3.63, 3.8) is 0 Å². The van der Waals surface area contributed by atoms with Crippen molar-refractivity contribution in [2.45, 2.75) is 63.3 Å². The third kappa shape index (κ3) is 2.00. The van der Waals surface area contributed by atoms with Gasteiger partial charge in [-0.25, -0.2) is 4.98 Å². The fourth-order valence-corrected chi connectivity index (χ4v) is 3.81. The van der Waals surface area contributed by atoms with Gasteiger partial charge in [-0.3, -0.25) is 0 Å². The van der Waals surface area contributed by atoms with Crippen LogP contribution in [0, 0.1) is 0 Å². The van der Waals surface area contributed by atoms with E-state index in [4.69, 9.17) is 4.74 Å². The number of rotatable bonds is 2. The number of aliphatic hydroxyl groups excluding tert-OH is 1. The Bertz CT molecular complexity index is 668. The summed E-state index contributed by atoms with van der Waals surface area (Å²) in [6.07, 6.45) is 9.54. The number of pyridine rings is 1. The van der Waals surface area contributed by atoms with E-state index in [0.717, 1.165) is 31.2 Å². The van der Waals surface area contributed by atoms with Gasteiger partial charge >= 0.3 is 0 Å². The zero-order valence-electron chi connectivity index (χ0n) is 12.6. The predicted octanol–water partition coefficient (Wildman–Crippen LogP) is 3.20. The third-order valence-corrected chi connectivity index (χ3v) is 5.13. The minimum absolute atomic E-state index is 0.0328. The molecule has 3 heterocycles. The number of hydrogen-bond donors (Lipinski definition) is 1. The molecule has 1 saturated carbocycles. The van der Waals surface area contributed by atoms with Gasteiger partial charge in [-0.1, -0.05) is 13.8 Å². The molecule has 1 unspecified atom stereocenters. The first-order valence-electron chi connectivity index (χ1n) is 7.91. The third-order valence-electron chi connectivity index (χ3n) is 5.13. The number of epoxide rings is 1. The Balaban J connectivity index is 1.76. The van der Waals surface area contributed by atoms with E-state index in [0.29, 0.717) is 5.92 Å². The monoisotopic (exact) mass is 286 g/mol. The van der Waals surface area contributed by atoms with E-state index in [1.807, 2.05) is 12.5 Å². The van der Waals surface area contributed by atoms with Gasteiger partial charge in [0, 0.05) is 11.8 Å². The topological polar surface area (TPSA) is 50.1 Å². The molecule has 1 N–H and O–H groups in total. The second kappa shape index (κ2) is 4.55. The van der Waals surface area contributed by atoms with E-state index in [1.165, 1.54) is 11.1 Å². The lowest BCUT2D eigenvalue weighted by molar-refractivity contribution is 0.0921. The molecule has 1 aliphatic carbocycles. The molecule has 0 bridgehead atoms. The largest absolute Gasteiger partial charge is 0.393 e. The first kappa shape index (κ1) is 13.3. The maximum Gasteiger partial charge on any atom is 0.115 e. The lowest BCUT2D eigenvalue weighted by Crippen LogP contribution is -2.25. The standard InChI is InChI=1S/C17H22N2O2/c1-11(2)13-5-8-19-10-18-9-14(19)15(13)16-17(21-16)6-3-12(20)4-7-17/h5,8-12,16,20H,3-4,6-7H2,1-2H3. The summed E-state index contributed by atoms with van der Waals surface area (Å²) in [5.74, 6) is 0.468. The van der Waals surface area contributed by atoms with Gasteiger partial charge < -0.3 is 14.2 Å². The first-order chi connectivity index (χ1) is 10.1. The summed E-state index contributed by atoms with van der Waals surface area (Å²) < 4.78 is 8.27. The van der Waals surface area contributed by atoms with E-state index >= 15 is 0 Å². The molecule has 4 heteroatoms. The number of aromatic nitrogens is 2. The lowest BCUT2D eigenvalue weighted by atomic mass is 9.81. The summed E-state index contributed by atoms with van der Waals surface area (Å²) in [5, 5.41) is 9.74. The van der Waals surface area contributed by atoms with Crippen LogP contribution in [0.5, 0.6) is 0 Å². The molecule has 1 spiro atoms. The molecule has 4 nitrogen and oxygen atoms in total. The van der Waals surface area contributed by atoms with Crippen molar-refractivity contribution < 1.29 is 9.84 Å². The van der Waals surface area contributed by atoms with Crippen molar-refractivity contribution >= 4 is 5.52 Å². The minimum Gasteiger partial charge on any atom is -0.393 e. The van der Waals surface area contributed by atoms with Crippen LogP contribution in [0.25, 0.3) is 5.52 Å². The molecule has 2 aromatic heterocycles. The van der Waals surface area contributed by atoms with Crippen LogP contribution >= 0.6 is 0 Å². The molecule has 21 heavy (non-hydrogen) atoms. The molecule has 1 saturated heterocycles. The number of ether oxygens (including phenoxy) is 1. The summed E-state index contributed by atoms with van der Waals surface area (Å²) in [6, 6.07) is 2.20. The summed E-state index contributed by atoms with van der Waals surface area (Å²) in [7, 11) is 0. The van der Waals surface area contributed by atoms with Crippen LogP contribution in [0.15, 0.2) is 24.8 Å². The molecule has 112 valence electrons. The molecule has 0 amide bonds. The quantitative estimate of drug-likeness (QED) is 0.862. The second-order valence-electron chi connectivity index (χ2n) is 6.82. The number of fused-ring (bicyclic) bond motifs is 1. The van der Waals surface area contributed by atoms with Crippen molar-refractivity contribution in [1.82, 2.24) is 9.38 Å². The van der Waals surface area contributed by atoms with Crippen molar-refractivity contribution in [1.29, 1.82) is 0 Å². The maximum atomic E-state index is 9.74. The lowest BCUT2D eigenvalue weighted by Gasteiger charge is -2.23. The molecule has 2 aromatic rings. The zero-order valence-corrected chi connectivity index (χ0v) is 12.6. The number of nitrogens with zero attached hydrogens (tertiary/aromatic N) is 2. The number of hydrogen-bond acceptors (Lipinski definition) is 3. The summed E-state index contributed by atoms with van der Waals surface area (Å²) in [6.45, 7) is 4.46. The average molecular weight is 286 g/mol. The van der Waals surface area contributed by atoms with Gasteiger partial charge in [-0.15, -0.1) is 0 Å². The second-order valence-corrected chi connectivity index (χ2v) is 6.82. The van der Waals surface area contributed by atoms with Crippen LogP contribution in [0.1, 0.15) is 62.7 Å². The van der Waals surface area contributed by atoms with Crippen molar-refractivity contribution in [3.8, 4) is 0 Å². The van der Waals surface area contributed by atoms with Crippen LogP contribution in [-0.2, 0) is 4.74 Å². The minimum atomic E-state index is -0.143. The van der Waals surface area contributed by atoms with Crippen LogP contribution in [0.2, 0.25) is 0 Å². The highest BCUT2D eigenvalue weighted by atomic mass is 16.6. The Morgan fingerprint density at radius 2 is 2.14 bits per heavy atom. The maximum absolute atomic E-state index is 9.74. The molecule has 1 aliphatic heterocycles. The van der Waals surface area contributed by atoms with E-state index in [9.17, 15) is 5.11 Å². The van der Waals surface area contributed by atoms with Crippen molar-refractivity contribution in [3.05, 3.63) is 35.9 Å². The molecule has 2 aliphatic rings. The Morgan fingerprint density at radius 3 is 2.86 bits per heavy atom. The van der Waals surface area contributed by atoms with Crippen molar-refractivity contribution in [2.24, 2.45) is 0 Å². The molecule has 2 fully saturated rings. The Morgan fingerprint density at radius 1 is 1.38 bits per heavy atom. The highest BCUT2D eigenvalue weighted by Gasteiger charge is 2.59. The smallest absolute Gasteiger partial charge is 0.115 e. The van der Waals surface area contributed by atoms with Gasteiger partial charge in [0.2, 0.25) is 0 Å². The molecular weight excluding hydrogens is 264 g/mol. The average Bonchev–Trinajstić information content (AvgIpc) is 2.93. The van der Waals surface area contributed by atoms with Crippen LogP contribution < -0.4 is 0 Å².